The first-order valence-corrected chi connectivity index (χ1v) is 6.97. The van der Waals surface area contributed by atoms with Crippen LogP contribution in [0, 0.1) is 4.91 Å². The van der Waals surface area contributed by atoms with Crippen LogP contribution >= 0.6 is 0 Å². The lowest BCUT2D eigenvalue weighted by atomic mass is 9.99. The Bertz CT molecular complexity index is 636. The Morgan fingerprint density at radius 2 is 1.96 bits per heavy atom. The number of benzene rings is 1. The molecule has 1 aromatic carbocycles. The van der Waals surface area contributed by atoms with Crippen LogP contribution in [0.4, 0.5) is 5.69 Å². The zero-order valence-electron chi connectivity index (χ0n) is 13.1. The van der Waals surface area contributed by atoms with Crippen molar-refractivity contribution in [3.63, 3.8) is 0 Å². The summed E-state index contributed by atoms with van der Waals surface area (Å²) in [5.74, 6) is -0.0421. The van der Waals surface area contributed by atoms with Crippen LogP contribution in [0.3, 0.4) is 0 Å². The largest absolute Gasteiger partial charge is 0.497 e. The fourth-order valence-corrected chi connectivity index (χ4v) is 2.20. The van der Waals surface area contributed by atoms with E-state index >= 15 is 0 Å². The molecule has 1 atom stereocenters. The lowest BCUT2D eigenvalue weighted by Gasteiger charge is -2.17. The predicted molar refractivity (Wildman–Crippen MR) is 85.9 cm³/mol. The molecular formula is C16H20N2O5. The van der Waals surface area contributed by atoms with Gasteiger partial charge in [-0.25, -0.2) is 0 Å². The highest BCUT2D eigenvalue weighted by Gasteiger charge is 2.22. The van der Waals surface area contributed by atoms with Crippen molar-refractivity contribution in [2.24, 2.45) is 5.18 Å². The summed E-state index contributed by atoms with van der Waals surface area (Å²) in [6.07, 6.45) is 3.31. The second-order valence-corrected chi connectivity index (χ2v) is 4.74. The maximum absolute atomic E-state index is 12.2. The Morgan fingerprint density at radius 1 is 1.26 bits per heavy atom. The number of methoxy groups -OCH3 is 1. The van der Waals surface area contributed by atoms with Gasteiger partial charge in [-0.3, -0.25) is 4.79 Å². The van der Waals surface area contributed by atoms with Crippen LogP contribution < -0.4 is 4.74 Å². The maximum Gasteiger partial charge on any atom is 0.315 e. The number of nitrogens with zero attached hydrogens (tertiary/aromatic N) is 2. The second-order valence-electron chi connectivity index (χ2n) is 4.74. The van der Waals surface area contributed by atoms with E-state index in [1.807, 2.05) is 12.1 Å². The van der Waals surface area contributed by atoms with Crippen LogP contribution in [0.25, 0.3) is 0 Å². The zero-order valence-corrected chi connectivity index (χ0v) is 13.1. The molecule has 124 valence electrons. The molecule has 0 aliphatic rings. The van der Waals surface area contributed by atoms with Gasteiger partial charge in [-0.15, -0.1) is 4.91 Å². The van der Waals surface area contributed by atoms with Gasteiger partial charge < -0.3 is 19.5 Å². The highest BCUT2D eigenvalue weighted by molar-refractivity contribution is 5.78. The monoisotopic (exact) mass is 320 g/mol. The summed E-state index contributed by atoms with van der Waals surface area (Å²) in [5, 5.41) is 2.87. The van der Waals surface area contributed by atoms with Crippen LogP contribution in [0.15, 0.2) is 47.9 Å². The number of hydrogen-bond acceptors (Lipinski definition) is 5. The first kappa shape index (κ1) is 18.4. The molecule has 0 aliphatic carbocycles. The zero-order chi connectivity index (χ0) is 15.9. The molecule has 0 radical (unpaired) electrons. The van der Waals surface area contributed by atoms with E-state index in [4.69, 9.17) is 9.47 Å². The smallest absolute Gasteiger partial charge is 0.315 e. The molecule has 2 rings (SSSR count). The maximum atomic E-state index is 12.2. The minimum absolute atomic E-state index is 0. The van der Waals surface area contributed by atoms with Gasteiger partial charge >= 0.3 is 5.97 Å². The normalized spacial score (nSPS) is 11.2. The highest BCUT2D eigenvalue weighted by atomic mass is 16.5. The molecule has 0 bridgehead atoms. The van der Waals surface area contributed by atoms with Gasteiger partial charge in [-0.05, 0) is 35.9 Å². The molecular weight excluding hydrogens is 300 g/mol. The SMILES string of the molecule is CCOC(=O)C(Cn1ccc(N=O)c1)c1ccc(OC)cc1.O. The molecule has 0 fully saturated rings. The Hall–Kier alpha value is -2.67. The lowest BCUT2D eigenvalue weighted by Crippen LogP contribution is -2.20. The standard InChI is InChI=1S/C16H18N2O4.H2O/c1-3-22-16(19)15(11-18-9-8-13(10-18)17-20)12-4-6-14(21-2)7-5-12;/h4-10,15H,3,11H2,1-2H3;1H2. The van der Waals surface area contributed by atoms with Gasteiger partial charge in [0.1, 0.15) is 11.4 Å². The van der Waals surface area contributed by atoms with Gasteiger partial charge in [0, 0.05) is 18.9 Å². The van der Waals surface area contributed by atoms with Crippen LogP contribution in [0.1, 0.15) is 18.4 Å². The van der Waals surface area contributed by atoms with Crippen LogP contribution in [0.2, 0.25) is 0 Å². The van der Waals surface area contributed by atoms with Crippen LogP contribution in [0.5, 0.6) is 5.75 Å². The molecule has 0 amide bonds. The average Bonchev–Trinajstić information content (AvgIpc) is 3.01. The summed E-state index contributed by atoms with van der Waals surface area (Å²) in [6.45, 7) is 2.46. The summed E-state index contributed by atoms with van der Waals surface area (Å²) in [6, 6.07) is 8.88. The Kier molecular flexibility index (Phi) is 6.95. The predicted octanol–water partition coefficient (Wildman–Crippen LogP) is 2.42. The summed E-state index contributed by atoms with van der Waals surface area (Å²) in [7, 11) is 1.59. The van der Waals surface area contributed by atoms with Gasteiger partial charge in [0.15, 0.2) is 0 Å². The van der Waals surface area contributed by atoms with E-state index in [0.717, 1.165) is 11.3 Å². The van der Waals surface area contributed by atoms with Crippen molar-refractivity contribution in [2.45, 2.75) is 19.4 Å². The molecule has 23 heavy (non-hydrogen) atoms. The fourth-order valence-electron chi connectivity index (χ4n) is 2.20. The lowest BCUT2D eigenvalue weighted by molar-refractivity contribution is -0.145. The summed E-state index contributed by atoms with van der Waals surface area (Å²) >= 11 is 0. The molecule has 7 nitrogen and oxygen atoms in total. The molecule has 0 saturated carbocycles. The van der Waals surface area contributed by atoms with Gasteiger partial charge in [0.2, 0.25) is 0 Å². The van der Waals surface area contributed by atoms with E-state index in [1.165, 1.54) is 0 Å². The number of esters is 1. The molecule has 0 spiro atoms. The van der Waals surface area contributed by atoms with E-state index < -0.39 is 5.92 Å². The molecule has 7 heteroatoms. The third kappa shape index (κ3) is 4.65. The van der Waals surface area contributed by atoms with Gasteiger partial charge in [-0.1, -0.05) is 12.1 Å². The number of nitroso groups, excluding NO2 is 1. The summed E-state index contributed by atoms with van der Waals surface area (Å²) in [4.78, 5) is 22.7. The van der Waals surface area contributed by atoms with Crippen molar-refractivity contribution in [1.82, 2.24) is 4.57 Å². The van der Waals surface area contributed by atoms with Gasteiger partial charge in [0.05, 0.1) is 19.6 Å². The van der Waals surface area contributed by atoms with Crippen molar-refractivity contribution < 1.29 is 19.7 Å². The van der Waals surface area contributed by atoms with E-state index in [2.05, 4.69) is 5.18 Å². The van der Waals surface area contributed by atoms with Crippen molar-refractivity contribution in [3.8, 4) is 5.75 Å². The van der Waals surface area contributed by atoms with Gasteiger partial charge in [0.25, 0.3) is 0 Å². The van der Waals surface area contributed by atoms with Crippen molar-refractivity contribution in [2.75, 3.05) is 13.7 Å². The number of hydrogen-bond donors (Lipinski definition) is 0. The number of carbonyl (C=O) groups excluding carboxylic acids is 1. The third-order valence-electron chi connectivity index (χ3n) is 3.32. The van der Waals surface area contributed by atoms with Crippen LogP contribution in [-0.4, -0.2) is 29.7 Å². The molecule has 1 aromatic heterocycles. The third-order valence-corrected chi connectivity index (χ3v) is 3.32. The number of ether oxygens (including phenoxy) is 2. The minimum atomic E-state index is -0.460. The Balaban J connectivity index is 0.00000264. The number of carbonyl (C=O) groups is 1. The summed E-state index contributed by atoms with van der Waals surface area (Å²) in [5.41, 5.74) is 1.16. The van der Waals surface area contributed by atoms with E-state index in [1.54, 1.807) is 49.2 Å². The van der Waals surface area contributed by atoms with Gasteiger partial charge in [-0.2, -0.15) is 0 Å². The molecule has 1 heterocycles. The number of rotatable bonds is 7. The topological polar surface area (TPSA) is 101 Å². The van der Waals surface area contributed by atoms with Crippen LogP contribution in [-0.2, 0) is 16.1 Å². The van der Waals surface area contributed by atoms with E-state index in [0.29, 0.717) is 18.8 Å². The highest BCUT2D eigenvalue weighted by Crippen LogP contribution is 2.24. The first-order chi connectivity index (χ1) is 10.7. The fraction of sp³-hybridized carbons (Fsp3) is 0.312. The quantitative estimate of drug-likeness (QED) is 0.577. The minimum Gasteiger partial charge on any atom is -0.497 e. The Morgan fingerprint density at radius 3 is 2.48 bits per heavy atom. The van der Waals surface area contributed by atoms with E-state index in [-0.39, 0.29) is 11.4 Å². The second kappa shape index (κ2) is 8.70. The molecule has 2 aromatic rings. The van der Waals surface area contributed by atoms with Crippen molar-refractivity contribution in [3.05, 3.63) is 53.2 Å². The molecule has 1 unspecified atom stereocenters. The summed E-state index contributed by atoms with van der Waals surface area (Å²) < 4.78 is 12.0. The first-order valence-electron chi connectivity index (χ1n) is 6.97. The van der Waals surface area contributed by atoms with Crippen molar-refractivity contribution in [1.29, 1.82) is 0 Å². The molecule has 0 aliphatic heterocycles. The molecule has 0 saturated heterocycles. The Labute approximate surface area is 134 Å². The van der Waals surface area contributed by atoms with Crippen molar-refractivity contribution >= 4 is 11.7 Å². The molecule has 2 N–H and O–H groups in total. The average molecular weight is 320 g/mol. The number of aromatic nitrogens is 1. The van der Waals surface area contributed by atoms with E-state index in [9.17, 15) is 9.70 Å².